The lowest BCUT2D eigenvalue weighted by Gasteiger charge is -2.36. The zero-order valence-corrected chi connectivity index (χ0v) is 31.2. The summed E-state index contributed by atoms with van der Waals surface area (Å²) >= 11 is 2.25. The lowest BCUT2D eigenvalue weighted by atomic mass is 9.98. The van der Waals surface area contributed by atoms with E-state index in [1.54, 1.807) is 6.92 Å². The molecule has 246 valence electrons. The van der Waals surface area contributed by atoms with Crippen molar-refractivity contribution in [3.05, 3.63) is 87.0 Å². The monoisotopic (exact) mass is 755 g/mol. The first-order valence-electron chi connectivity index (χ1n) is 15.7. The van der Waals surface area contributed by atoms with Crippen molar-refractivity contribution in [1.29, 1.82) is 0 Å². The van der Waals surface area contributed by atoms with Gasteiger partial charge in [-0.15, -0.1) is 0 Å². The molecule has 0 bridgehead atoms. The second-order valence-corrected chi connectivity index (χ2v) is 19.7. The maximum atomic E-state index is 13.2. The molecule has 4 rings (SSSR count). The number of nitrogens with one attached hydrogen (secondary N) is 3. The molecule has 1 aliphatic carbocycles. The van der Waals surface area contributed by atoms with Crippen LogP contribution in [0.2, 0.25) is 18.1 Å². The minimum Gasteiger partial charge on any atom is -0.449 e. The summed E-state index contributed by atoms with van der Waals surface area (Å²) < 4.78 is 13.0. The minimum atomic E-state index is -1.89. The summed E-state index contributed by atoms with van der Waals surface area (Å²) in [6, 6.07) is 20.2. The van der Waals surface area contributed by atoms with E-state index in [9.17, 15) is 14.4 Å². The summed E-state index contributed by atoms with van der Waals surface area (Å²) in [5, 5.41) is 8.46. The van der Waals surface area contributed by atoms with Crippen LogP contribution in [0.25, 0.3) is 11.1 Å². The van der Waals surface area contributed by atoms with Crippen molar-refractivity contribution in [1.82, 2.24) is 10.6 Å². The number of hydrogen-bond donors (Lipinski definition) is 3. The smallest absolute Gasteiger partial charge is 0.407 e. The Kier molecular flexibility index (Phi) is 11.4. The number of benzene rings is 3. The number of carbonyl (C=O) groups is 3. The van der Waals surface area contributed by atoms with Gasteiger partial charge < -0.3 is 25.1 Å². The normalized spacial score (nSPS) is 14.2. The van der Waals surface area contributed by atoms with Crippen molar-refractivity contribution in [3.8, 4) is 11.1 Å². The van der Waals surface area contributed by atoms with E-state index in [2.05, 4.69) is 96.7 Å². The van der Waals surface area contributed by atoms with Crippen LogP contribution >= 0.6 is 22.6 Å². The zero-order valence-electron chi connectivity index (χ0n) is 28.0. The molecule has 0 spiro atoms. The van der Waals surface area contributed by atoms with E-state index in [1.165, 1.54) is 0 Å². The summed E-state index contributed by atoms with van der Waals surface area (Å²) in [5.41, 5.74) is 6.18. The van der Waals surface area contributed by atoms with Crippen LogP contribution in [0.4, 0.5) is 10.5 Å². The van der Waals surface area contributed by atoms with Crippen LogP contribution in [0.1, 0.15) is 64.2 Å². The highest BCUT2D eigenvalue weighted by Crippen LogP contribution is 2.44. The molecule has 46 heavy (non-hydrogen) atoms. The number of alkyl carbamates (subject to hydrolysis) is 1. The van der Waals surface area contributed by atoms with E-state index in [0.29, 0.717) is 12.3 Å². The Balaban J connectivity index is 1.30. The molecule has 8 nitrogen and oxygen atoms in total. The minimum absolute atomic E-state index is 0.0879. The van der Waals surface area contributed by atoms with Gasteiger partial charge in [0.1, 0.15) is 18.7 Å². The first-order valence-corrected chi connectivity index (χ1v) is 19.7. The molecule has 0 saturated carbocycles. The first kappa shape index (κ1) is 35.6. The Hall–Kier alpha value is -3.22. The third-order valence-corrected chi connectivity index (χ3v) is 14.5. The molecule has 3 amide bonds. The Morgan fingerprint density at radius 3 is 2.00 bits per heavy atom. The lowest BCUT2D eigenvalue weighted by Crippen LogP contribution is -2.53. The van der Waals surface area contributed by atoms with Crippen LogP contribution in [0.3, 0.4) is 0 Å². The number of ether oxygens (including phenoxy) is 1. The fourth-order valence-electron chi connectivity index (χ4n) is 5.14. The number of hydrogen-bond acceptors (Lipinski definition) is 5. The van der Waals surface area contributed by atoms with Gasteiger partial charge in [0.05, 0.1) is 6.61 Å². The van der Waals surface area contributed by atoms with Gasteiger partial charge in [-0.05, 0) is 93.5 Å². The molecule has 0 unspecified atom stereocenters. The number of carbonyl (C=O) groups excluding carboxylic acids is 3. The fraction of sp³-hybridized carbons (Fsp3) is 0.417. The van der Waals surface area contributed by atoms with E-state index < -0.39 is 32.4 Å². The van der Waals surface area contributed by atoms with Gasteiger partial charge in [-0.1, -0.05) is 89.2 Å². The van der Waals surface area contributed by atoms with E-state index in [0.717, 1.165) is 31.4 Å². The van der Waals surface area contributed by atoms with Crippen molar-refractivity contribution in [2.75, 3.05) is 11.9 Å². The van der Waals surface area contributed by atoms with Crippen molar-refractivity contribution >= 4 is 54.5 Å². The number of halogens is 1. The number of amides is 3. The van der Waals surface area contributed by atoms with Gasteiger partial charge in [0, 0.05) is 15.2 Å². The topological polar surface area (TPSA) is 106 Å². The summed E-state index contributed by atoms with van der Waals surface area (Å²) in [5.74, 6) is -1.15. The molecule has 10 heteroatoms. The quantitative estimate of drug-likeness (QED) is 0.137. The Morgan fingerprint density at radius 1 is 0.870 bits per heavy atom. The molecule has 0 aromatic heterocycles. The van der Waals surface area contributed by atoms with Gasteiger partial charge in [0.25, 0.3) is 0 Å². The molecule has 0 saturated heterocycles. The van der Waals surface area contributed by atoms with Crippen molar-refractivity contribution in [3.63, 3.8) is 0 Å². The van der Waals surface area contributed by atoms with Crippen molar-refractivity contribution in [2.24, 2.45) is 5.92 Å². The lowest BCUT2D eigenvalue weighted by molar-refractivity contribution is -0.128. The molecule has 0 radical (unpaired) electrons. The van der Waals surface area contributed by atoms with E-state index in [-0.39, 0.29) is 29.4 Å². The molecule has 0 fully saturated rings. The number of rotatable bonds is 11. The summed E-state index contributed by atoms with van der Waals surface area (Å²) in [6.07, 6.45) is -0.681. The Morgan fingerprint density at radius 2 is 1.46 bits per heavy atom. The molecular formula is C36H46IN3O5Si. The van der Waals surface area contributed by atoms with Gasteiger partial charge in [0.2, 0.25) is 11.8 Å². The van der Waals surface area contributed by atoms with Crippen LogP contribution in [0, 0.1) is 9.49 Å². The highest BCUT2D eigenvalue weighted by atomic mass is 127. The van der Waals surface area contributed by atoms with Gasteiger partial charge >= 0.3 is 6.09 Å². The van der Waals surface area contributed by atoms with E-state index in [1.807, 2.05) is 56.3 Å². The fourth-order valence-corrected chi connectivity index (χ4v) is 6.76. The Bertz CT molecular complexity index is 1540. The second kappa shape index (κ2) is 14.7. The third kappa shape index (κ3) is 8.37. The van der Waals surface area contributed by atoms with Crippen molar-refractivity contribution < 1.29 is 23.5 Å². The molecule has 3 aromatic rings. The van der Waals surface area contributed by atoms with Gasteiger partial charge in [-0.2, -0.15) is 0 Å². The van der Waals surface area contributed by atoms with Crippen LogP contribution in [-0.2, 0) is 25.4 Å². The molecule has 3 aromatic carbocycles. The summed E-state index contributed by atoms with van der Waals surface area (Å²) in [4.78, 5) is 39.2. The molecule has 0 heterocycles. The second-order valence-electron chi connectivity index (χ2n) is 13.8. The van der Waals surface area contributed by atoms with Crippen LogP contribution in [0.5, 0.6) is 0 Å². The average Bonchev–Trinajstić information content (AvgIpc) is 3.31. The molecule has 1 aliphatic rings. The van der Waals surface area contributed by atoms with Gasteiger partial charge in [-0.3, -0.25) is 9.59 Å². The predicted octanol–water partition coefficient (Wildman–Crippen LogP) is 7.82. The molecule has 3 N–H and O–H groups in total. The number of anilines is 1. The summed E-state index contributed by atoms with van der Waals surface area (Å²) in [7, 11) is -1.89. The highest BCUT2D eigenvalue weighted by Gasteiger charge is 2.37. The maximum Gasteiger partial charge on any atom is 0.407 e. The average molecular weight is 756 g/mol. The van der Waals surface area contributed by atoms with Gasteiger partial charge in [-0.25, -0.2) is 4.79 Å². The predicted molar refractivity (Wildman–Crippen MR) is 194 cm³/mol. The van der Waals surface area contributed by atoms with Crippen molar-refractivity contribution in [2.45, 2.75) is 84.3 Å². The molecule has 2 atom stereocenters. The van der Waals surface area contributed by atoms with E-state index in [4.69, 9.17) is 9.16 Å². The first-order chi connectivity index (χ1) is 21.6. The molecular weight excluding hydrogens is 709 g/mol. The zero-order chi connectivity index (χ0) is 33.8. The summed E-state index contributed by atoms with van der Waals surface area (Å²) in [6.45, 7) is 17.0. The Labute approximate surface area is 287 Å². The van der Waals surface area contributed by atoms with Gasteiger partial charge in [0.15, 0.2) is 8.32 Å². The van der Waals surface area contributed by atoms with Crippen LogP contribution < -0.4 is 16.0 Å². The largest absolute Gasteiger partial charge is 0.449 e. The SMILES string of the molecule is CC(C)[C@H](NC(=O)OCC1c2ccccc2-c2ccccc21)C(=O)N[C@@H](C)C(=O)Nc1ccc(CO[Si](C)(C)C(C)(C)C)c(I)c1. The standard InChI is InChI=1S/C36H46IN3O5Si/c1-22(2)32(40-35(43)44-21-30-28-15-11-9-13-26(28)27-14-10-12-16-29(27)30)34(42)38-23(3)33(41)39-25-18-17-24(31(37)19-25)20-45-46(7,8)36(4,5)6/h9-19,22-23,30,32H,20-21H2,1-8H3,(H,38,42)(H,39,41)(H,40,43)/t23-,32-/m0/s1. The maximum absolute atomic E-state index is 13.2. The van der Waals surface area contributed by atoms with Crippen LogP contribution in [-0.4, -0.2) is 44.9 Å². The highest BCUT2D eigenvalue weighted by molar-refractivity contribution is 14.1. The number of fused-ring (bicyclic) bond motifs is 3. The molecule has 0 aliphatic heterocycles. The third-order valence-electron chi connectivity index (χ3n) is 9.03. The van der Waals surface area contributed by atoms with E-state index >= 15 is 0 Å². The van der Waals surface area contributed by atoms with Crippen LogP contribution in [0.15, 0.2) is 66.7 Å².